The zero-order chi connectivity index (χ0) is 9.72. The van der Waals surface area contributed by atoms with Gasteiger partial charge in [0, 0.05) is 0 Å². The largest absolute Gasteiger partial charge is 0.480 e. The fourth-order valence-electron chi connectivity index (χ4n) is 0.737. The van der Waals surface area contributed by atoms with E-state index >= 15 is 0 Å². The molecule has 0 aliphatic heterocycles. The van der Waals surface area contributed by atoms with Crippen LogP contribution in [0.1, 0.15) is 20.3 Å². The van der Waals surface area contributed by atoms with Crippen molar-refractivity contribution in [3.8, 4) is 0 Å². The zero-order valence-corrected chi connectivity index (χ0v) is 7.07. The van der Waals surface area contributed by atoms with E-state index in [-0.39, 0.29) is 0 Å². The van der Waals surface area contributed by atoms with Gasteiger partial charge >= 0.3 is 11.9 Å². The molecule has 0 rings (SSSR count). The Labute approximate surface area is 70.4 Å². The Morgan fingerprint density at radius 3 is 2.08 bits per heavy atom. The molecular formula is C7H13NO4. The average Bonchev–Trinajstić information content (AvgIpc) is 1.98. The number of hydrogen-bond donors (Lipinski definition) is 3. The SMILES string of the molecule is CC[C@@H](N[C@H](C)C(=O)O)C(=O)O. The molecule has 0 aromatic heterocycles. The van der Waals surface area contributed by atoms with Gasteiger partial charge in [0.1, 0.15) is 12.1 Å². The van der Waals surface area contributed by atoms with Crippen LogP contribution in [0.4, 0.5) is 0 Å². The van der Waals surface area contributed by atoms with E-state index in [2.05, 4.69) is 5.32 Å². The third-order valence-electron chi connectivity index (χ3n) is 1.53. The first-order valence-corrected chi connectivity index (χ1v) is 3.70. The number of carboxylic acids is 2. The first kappa shape index (κ1) is 10.9. The summed E-state index contributed by atoms with van der Waals surface area (Å²) in [6, 6.07) is -1.61. The average molecular weight is 175 g/mol. The standard InChI is InChI=1S/C7H13NO4/c1-3-5(7(11)12)8-4(2)6(9)10/h4-5,8H,3H2,1-2H3,(H,9,10)(H,11,12)/t4-,5-/m1/s1. The van der Waals surface area contributed by atoms with Crippen molar-refractivity contribution in [3.63, 3.8) is 0 Å². The quantitative estimate of drug-likeness (QED) is 0.543. The molecule has 5 heteroatoms. The van der Waals surface area contributed by atoms with E-state index in [0.29, 0.717) is 6.42 Å². The number of carbonyl (C=O) groups is 2. The van der Waals surface area contributed by atoms with Crippen LogP contribution in [0.5, 0.6) is 0 Å². The topological polar surface area (TPSA) is 86.6 Å². The molecule has 0 unspecified atom stereocenters. The summed E-state index contributed by atoms with van der Waals surface area (Å²) in [4.78, 5) is 20.8. The number of hydrogen-bond acceptors (Lipinski definition) is 3. The van der Waals surface area contributed by atoms with Crippen molar-refractivity contribution >= 4 is 11.9 Å². The van der Waals surface area contributed by atoms with Gasteiger partial charge in [0.05, 0.1) is 0 Å². The summed E-state index contributed by atoms with van der Waals surface area (Å²) in [6.45, 7) is 3.09. The van der Waals surface area contributed by atoms with Gasteiger partial charge in [0.15, 0.2) is 0 Å². The van der Waals surface area contributed by atoms with Gasteiger partial charge in [0.2, 0.25) is 0 Å². The maximum absolute atomic E-state index is 10.4. The summed E-state index contributed by atoms with van der Waals surface area (Å²) in [5.41, 5.74) is 0. The Morgan fingerprint density at radius 1 is 1.33 bits per heavy atom. The number of rotatable bonds is 5. The Kier molecular flexibility index (Phi) is 4.28. The highest BCUT2D eigenvalue weighted by atomic mass is 16.4. The Balaban J connectivity index is 4.02. The molecular weight excluding hydrogens is 162 g/mol. The number of nitrogens with one attached hydrogen (secondary N) is 1. The minimum absolute atomic E-state index is 0.368. The molecule has 0 aliphatic carbocycles. The predicted octanol–water partition coefficient (Wildman–Crippen LogP) is -0.0877. The Hall–Kier alpha value is -1.10. The minimum Gasteiger partial charge on any atom is -0.480 e. The summed E-state index contributed by atoms with van der Waals surface area (Å²) in [6.07, 6.45) is 0.368. The van der Waals surface area contributed by atoms with Gasteiger partial charge in [-0.05, 0) is 13.3 Å². The smallest absolute Gasteiger partial charge is 0.320 e. The molecule has 0 radical (unpaired) electrons. The van der Waals surface area contributed by atoms with Gasteiger partial charge in [-0.1, -0.05) is 6.92 Å². The molecule has 12 heavy (non-hydrogen) atoms. The second-order valence-corrected chi connectivity index (χ2v) is 2.53. The molecule has 5 nitrogen and oxygen atoms in total. The maximum atomic E-state index is 10.4. The molecule has 0 bridgehead atoms. The summed E-state index contributed by atoms with van der Waals surface area (Å²) >= 11 is 0. The molecule has 0 heterocycles. The van der Waals surface area contributed by atoms with Gasteiger partial charge < -0.3 is 10.2 Å². The van der Waals surface area contributed by atoms with Crippen LogP contribution >= 0.6 is 0 Å². The molecule has 0 aromatic carbocycles. The van der Waals surface area contributed by atoms with Crippen LogP contribution in [0.3, 0.4) is 0 Å². The molecule has 0 fully saturated rings. The van der Waals surface area contributed by atoms with E-state index in [1.165, 1.54) is 6.92 Å². The zero-order valence-electron chi connectivity index (χ0n) is 7.07. The summed E-state index contributed by atoms with van der Waals surface area (Å²) in [5.74, 6) is -2.07. The summed E-state index contributed by atoms with van der Waals surface area (Å²) in [5, 5.41) is 19.5. The van der Waals surface area contributed by atoms with Crippen molar-refractivity contribution in [2.75, 3.05) is 0 Å². The van der Waals surface area contributed by atoms with Gasteiger partial charge in [-0.15, -0.1) is 0 Å². The monoisotopic (exact) mass is 175 g/mol. The Bertz CT molecular complexity index is 180. The van der Waals surface area contributed by atoms with Gasteiger partial charge in [0.25, 0.3) is 0 Å². The molecule has 3 N–H and O–H groups in total. The molecule has 0 aromatic rings. The Morgan fingerprint density at radius 2 is 1.83 bits per heavy atom. The first-order valence-electron chi connectivity index (χ1n) is 3.70. The number of aliphatic carboxylic acids is 2. The molecule has 0 saturated heterocycles. The maximum Gasteiger partial charge on any atom is 0.320 e. The lowest BCUT2D eigenvalue weighted by Gasteiger charge is -2.14. The van der Waals surface area contributed by atoms with E-state index in [1.54, 1.807) is 6.92 Å². The molecule has 70 valence electrons. The molecule has 2 atom stereocenters. The van der Waals surface area contributed by atoms with Crippen LogP contribution in [-0.4, -0.2) is 34.2 Å². The van der Waals surface area contributed by atoms with Crippen LogP contribution in [0.25, 0.3) is 0 Å². The van der Waals surface area contributed by atoms with E-state index in [1.807, 2.05) is 0 Å². The lowest BCUT2D eigenvalue weighted by molar-refractivity contribution is -0.142. The highest BCUT2D eigenvalue weighted by Crippen LogP contribution is 1.93. The number of carboxylic acid groups (broad SMARTS) is 2. The van der Waals surface area contributed by atoms with Crippen molar-refractivity contribution in [3.05, 3.63) is 0 Å². The van der Waals surface area contributed by atoms with Crippen molar-refractivity contribution < 1.29 is 19.8 Å². The van der Waals surface area contributed by atoms with Crippen LogP contribution in [0.2, 0.25) is 0 Å². The van der Waals surface area contributed by atoms with Crippen molar-refractivity contribution in [2.24, 2.45) is 0 Å². The van der Waals surface area contributed by atoms with Crippen molar-refractivity contribution in [1.29, 1.82) is 0 Å². The van der Waals surface area contributed by atoms with Crippen molar-refractivity contribution in [2.45, 2.75) is 32.4 Å². The van der Waals surface area contributed by atoms with Crippen LogP contribution in [-0.2, 0) is 9.59 Å². The lowest BCUT2D eigenvalue weighted by Crippen LogP contribution is -2.45. The minimum atomic E-state index is -1.05. The van der Waals surface area contributed by atoms with Crippen LogP contribution < -0.4 is 5.32 Å². The molecule has 0 aliphatic rings. The van der Waals surface area contributed by atoms with Gasteiger partial charge in [-0.25, -0.2) is 0 Å². The fourth-order valence-corrected chi connectivity index (χ4v) is 0.737. The lowest BCUT2D eigenvalue weighted by atomic mass is 10.2. The summed E-state index contributed by atoms with van der Waals surface area (Å²) < 4.78 is 0. The van der Waals surface area contributed by atoms with E-state index < -0.39 is 24.0 Å². The van der Waals surface area contributed by atoms with Crippen LogP contribution in [0.15, 0.2) is 0 Å². The predicted molar refractivity (Wildman–Crippen MR) is 41.9 cm³/mol. The second kappa shape index (κ2) is 4.71. The highest BCUT2D eigenvalue weighted by Gasteiger charge is 2.20. The van der Waals surface area contributed by atoms with E-state index in [4.69, 9.17) is 10.2 Å². The third-order valence-corrected chi connectivity index (χ3v) is 1.53. The van der Waals surface area contributed by atoms with E-state index in [0.717, 1.165) is 0 Å². The van der Waals surface area contributed by atoms with Gasteiger partial charge in [-0.3, -0.25) is 14.9 Å². The van der Waals surface area contributed by atoms with Crippen molar-refractivity contribution in [1.82, 2.24) is 5.32 Å². The second-order valence-electron chi connectivity index (χ2n) is 2.53. The van der Waals surface area contributed by atoms with Crippen LogP contribution in [0, 0.1) is 0 Å². The normalized spacial score (nSPS) is 15.2. The third kappa shape index (κ3) is 3.34. The fraction of sp³-hybridized carbons (Fsp3) is 0.714. The van der Waals surface area contributed by atoms with Gasteiger partial charge in [-0.2, -0.15) is 0 Å². The van der Waals surface area contributed by atoms with E-state index in [9.17, 15) is 9.59 Å². The molecule has 0 amide bonds. The summed E-state index contributed by atoms with van der Waals surface area (Å²) in [7, 11) is 0. The molecule has 0 spiro atoms. The molecule has 0 saturated carbocycles. The highest BCUT2D eigenvalue weighted by molar-refractivity contribution is 5.77. The first-order chi connectivity index (χ1) is 5.49.